The zero-order valence-electron chi connectivity index (χ0n) is 35.6. The number of hydrogen-bond acceptors (Lipinski definition) is 8. The molecule has 0 atom stereocenters. The first-order valence-corrected chi connectivity index (χ1v) is 20.7. The van der Waals surface area contributed by atoms with Gasteiger partial charge in [-0.1, -0.05) is 133 Å². The number of fused-ring (bicyclic) bond motifs is 4. The van der Waals surface area contributed by atoms with E-state index in [2.05, 4.69) is 0 Å². The Morgan fingerprint density at radius 3 is 0.818 bits per heavy atom. The van der Waals surface area contributed by atoms with E-state index in [0.29, 0.717) is 45.0 Å². The molecule has 10 rings (SSSR count). The van der Waals surface area contributed by atoms with Crippen molar-refractivity contribution in [3.8, 4) is 34.1 Å². The molecule has 0 saturated carbocycles. The molecule has 0 radical (unpaired) electrons. The zero-order valence-corrected chi connectivity index (χ0v) is 41.6. The van der Waals surface area contributed by atoms with E-state index in [9.17, 15) is 20.4 Å². The van der Waals surface area contributed by atoms with Crippen LogP contribution in [0.4, 0.5) is 22.7 Å². The van der Waals surface area contributed by atoms with Crippen molar-refractivity contribution in [2.45, 2.75) is 0 Å². The van der Waals surface area contributed by atoms with Crippen LogP contribution < -0.4 is 0 Å². The van der Waals surface area contributed by atoms with Gasteiger partial charge in [-0.3, -0.25) is 20.0 Å². The van der Waals surface area contributed by atoms with Gasteiger partial charge in [0.15, 0.2) is 0 Å². The second-order valence-electron chi connectivity index (χ2n) is 15.3. The van der Waals surface area contributed by atoms with Gasteiger partial charge >= 0.3 is 0 Å². The number of phenolic OH excluding ortho intramolecular Hbond substituents is 4. The molecule has 0 saturated heterocycles. The number of aliphatic imine (C=N–C) groups is 4. The predicted molar refractivity (Wildman–Crippen MR) is 263 cm³/mol. The molecule has 0 spiro atoms. The number of rotatable bonds is 9. The van der Waals surface area contributed by atoms with Gasteiger partial charge in [0.25, 0.3) is 0 Å². The van der Waals surface area contributed by atoms with E-state index in [1.807, 2.05) is 158 Å². The van der Waals surface area contributed by atoms with Crippen LogP contribution in [0.25, 0.3) is 54.2 Å². The van der Waals surface area contributed by atoms with Crippen molar-refractivity contribution in [2.75, 3.05) is 0 Å². The number of nitrogens with zero attached hydrogens (tertiary/aromatic N) is 4. The van der Waals surface area contributed by atoms with Gasteiger partial charge in [-0.15, -0.1) is 0 Å². The van der Waals surface area contributed by atoms with Crippen LogP contribution in [0.1, 0.15) is 22.3 Å². The molecule has 8 nitrogen and oxygen atoms in total. The van der Waals surface area contributed by atoms with Crippen LogP contribution in [-0.2, 0) is 39.0 Å². The summed E-state index contributed by atoms with van der Waals surface area (Å²) >= 11 is 0. The molecule has 10 heteroatoms. The summed E-state index contributed by atoms with van der Waals surface area (Å²) in [7, 11) is 0. The smallest absolute Gasteiger partial charge is 0.124 e. The van der Waals surface area contributed by atoms with E-state index in [0.717, 1.165) is 54.2 Å². The fraction of sp³-hybridized carbons (Fsp3) is 0. The van der Waals surface area contributed by atoms with Crippen LogP contribution >= 0.6 is 0 Å². The summed E-state index contributed by atoms with van der Waals surface area (Å²) in [6.07, 6.45) is 6.60. The first-order valence-electron chi connectivity index (χ1n) is 20.7. The van der Waals surface area contributed by atoms with Gasteiger partial charge in [0.1, 0.15) is 23.0 Å². The fourth-order valence-corrected chi connectivity index (χ4v) is 8.05. The predicted octanol–water partition coefficient (Wildman–Crippen LogP) is 13.8. The minimum atomic E-state index is 0. The quantitative estimate of drug-likeness (QED) is 0.0848. The van der Waals surface area contributed by atoms with Crippen LogP contribution in [0.15, 0.2) is 202 Å². The Morgan fingerprint density at radius 1 is 0.273 bits per heavy atom. The van der Waals surface area contributed by atoms with E-state index in [-0.39, 0.29) is 62.0 Å². The van der Waals surface area contributed by atoms with E-state index < -0.39 is 0 Å². The third-order valence-corrected chi connectivity index (χ3v) is 11.4. The number of benzene rings is 10. The Morgan fingerprint density at radius 2 is 0.530 bits per heavy atom. The molecular formula is C56H38N4O4Zn2. The van der Waals surface area contributed by atoms with Crippen molar-refractivity contribution in [1.82, 2.24) is 0 Å². The summed E-state index contributed by atoms with van der Waals surface area (Å²) in [6.45, 7) is 0. The Labute approximate surface area is 405 Å². The Bertz CT molecular complexity index is 3350. The van der Waals surface area contributed by atoms with Gasteiger partial charge in [-0.05, 0) is 103 Å². The second kappa shape index (κ2) is 19.6. The molecule has 0 aliphatic carbocycles. The molecular weight excluding hydrogens is 923 g/mol. The maximum Gasteiger partial charge on any atom is 0.124 e. The van der Waals surface area contributed by atoms with Crippen LogP contribution in [0.2, 0.25) is 0 Å². The largest absolute Gasteiger partial charge is 0.507 e. The van der Waals surface area contributed by atoms with Crippen LogP contribution in [0.3, 0.4) is 0 Å². The monoisotopic (exact) mass is 958 g/mol. The van der Waals surface area contributed by atoms with Gasteiger partial charge in [0.2, 0.25) is 0 Å². The van der Waals surface area contributed by atoms with E-state index in [1.54, 1.807) is 49.1 Å². The van der Waals surface area contributed by atoms with Crippen molar-refractivity contribution in [2.24, 2.45) is 20.0 Å². The molecule has 0 aliphatic heterocycles. The average molecular weight is 962 g/mol. The topological polar surface area (TPSA) is 130 Å². The molecule has 0 amide bonds. The minimum absolute atomic E-state index is 0. The number of aromatic hydroxyl groups is 4. The molecule has 0 aliphatic rings. The summed E-state index contributed by atoms with van der Waals surface area (Å²) in [5.41, 5.74) is 5.99. The third-order valence-electron chi connectivity index (χ3n) is 11.4. The molecule has 0 bridgehead atoms. The van der Waals surface area contributed by atoms with Gasteiger partial charge in [-0.25, -0.2) is 0 Å². The number of hydrogen-bond donors (Lipinski definition) is 4. The standard InChI is InChI=1S/C56H38N4O4.2Zn/c61-53-25-19-35-9-1-5-13-41(35)45(53)31-57-49-23-17-39(29-51(49)59-33-47-43-15-7-3-11-37(43)21-27-55(47)63)40-18-24-50(58-32-46-42-14-6-2-10-36(42)20-26-54(46)62)52(30-40)60-34-48-44-16-8-4-12-38(44)22-28-56(48)64;;/h1-34,61-64H;;. The first-order chi connectivity index (χ1) is 31.4. The van der Waals surface area contributed by atoms with Crippen LogP contribution in [-0.4, -0.2) is 45.3 Å². The molecule has 66 heavy (non-hydrogen) atoms. The summed E-state index contributed by atoms with van der Waals surface area (Å²) in [4.78, 5) is 19.7. The normalized spacial score (nSPS) is 11.7. The maximum absolute atomic E-state index is 11.0. The van der Waals surface area contributed by atoms with Crippen molar-refractivity contribution in [3.63, 3.8) is 0 Å². The third kappa shape index (κ3) is 9.03. The van der Waals surface area contributed by atoms with E-state index in [1.165, 1.54) is 0 Å². The SMILES string of the molecule is Oc1ccc2ccccc2c1C=Nc1ccc(-c2ccc(N=Cc3c(O)ccc4ccccc34)c(N=Cc3c(O)ccc4ccccc34)c2)cc1N=Cc1c(O)ccc2ccccc12.[Zn].[Zn]. The summed E-state index contributed by atoms with van der Waals surface area (Å²) in [5.74, 6) is 0.398. The first kappa shape index (κ1) is 45.0. The Balaban J connectivity index is 0.00000296. The van der Waals surface area contributed by atoms with Gasteiger partial charge in [0, 0.05) is 86.1 Å². The van der Waals surface area contributed by atoms with Crippen LogP contribution in [0, 0.1) is 0 Å². The van der Waals surface area contributed by atoms with Crippen molar-refractivity contribution in [3.05, 3.63) is 204 Å². The summed E-state index contributed by atoms with van der Waals surface area (Å²) in [5, 5.41) is 51.2. The molecule has 0 heterocycles. The summed E-state index contributed by atoms with van der Waals surface area (Å²) < 4.78 is 0. The number of phenols is 4. The van der Waals surface area contributed by atoms with Crippen molar-refractivity contribution < 1.29 is 59.4 Å². The zero-order chi connectivity index (χ0) is 43.6. The van der Waals surface area contributed by atoms with Gasteiger partial charge in [0.05, 0.1) is 22.7 Å². The minimum Gasteiger partial charge on any atom is -0.507 e. The second-order valence-corrected chi connectivity index (χ2v) is 15.3. The van der Waals surface area contributed by atoms with Crippen molar-refractivity contribution in [1.29, 1.82) is 0 Å². The maximum atomic E-state index is 11.0. The van der Waals surface area contributed by atoms with E-state index >= 15 is 0 Å². The van der Waals surface area contributed by atoms with Crippen molar-refractivity contribution >= 4 is 90.7 Å². The van der Waals surface area contributed by atoms with Crippen LogP contribution in [0.5, 0.6) is 23.0 Å². The molecule has 10 aromatic carbocycles. The molecule has 4 N–H and O–H groups in total. The van der Waals surface area contributed by atoms with Gasteiger partial charge < -0.3 is 20.4 Å². The van der Waals surface area contributed by atoms with Gasteiger partial charge in [-0.2, -0.15) is 0 Å². The molecule has 0 aromatic heterocycles. The Hall–Kier alpha value is -7.63. The molecule has 310 valence electrons. The molecule has 0 unspecified atom stereocenters. The summed E-state index contributed by atoms with van der Waals surface area (Å²) in [6, 6.07) is 56.8. The molecule has 10 aromatic rings. The average Bonchev–Trinajstić information content (AvgIpc) is 3.33. The fourth-order valence-electron chi connectivity index (χ4n) is 8.05. The Kier molecular flexibility index (Phi) is 13.4. The molecule has 0 fully saturated rings. The van der Waals surface area contributed by atoms with E-state index in [4.69, 9.17) is 20.0 Å².